The molecule has 0 fully saturated rings. The Balaban J connectivity index is 1.71. The van der Waals surface area contributed by atoms with Gasteiger partial charge in [0.2, 0.25) is 0 Å². The summed E-state index contributed by atoms with van der Waals surface area (Å²) in [4.78, 5) is 13.7. The van der Waals surface area contributed by atoms with Crippen LogP contribution in [0.4, 0.5) is 0 Å². The average molecular weight is 325 g/mol. The summed E-state index contributed by atoms with van der Waals surface area (Å²) < 4.78 is 11.2. The molecule has 1 atom stereocenters. The van der Waals surface area contributed by atoms with Gasteiger partial charge in [-0.2, -0.15) is 0 Å². The van der Waals surface area contributed by atoms with E-state index in [0.717, 1.165) is 29.9 Å². The van der Waals surface area contributed by atoms with Crippen molar-refractivity contribution in [3.63, 3.8) is 0 Å². The molecule has 126 valence electrons. The molecule has 0 unspecified atom stereocenters. The quantitative estimate of drug-likeness (QED) is 0.866. The van der Waals surface area contributed by atoms with Crippen LogP contribution in [-0.4, -0.2) is 38.6 Å². The van der Waals surface area contributed by atoms with Gasteiger partial charge in [-0.1, -0.05) is 18.2 Å². The molecule has 2 aromatic rings. The molecule has 1 amide bonds. The summed E-state index contributed by atoms with van der Waals surface area (Å²) >= 11 is 0. The summed E-state index contributed by atoms with van der Waals surface area (Å²) in [5.41, 5.74) is 3.13. The molecular formula is C20H23NO3. The zero-order valence-corrected chi connectivity index (χ0v) is 14.4. The number of carbonyl (C=O) groups excluding carboxylic acids is 1. The van der Waals surface area contributed by atoms with Crippen LogP contribution >= 0.6 is 0 Å². The number of methoxy groups -OCH3 is 1. The zero-order chi connectivity index (χ0) is 17.1. The van der Waals surface area contributed by atoms with E-state index in [-0.39, 0.29) is 5.91 Å². The first kappa shape index (κ1) is 16.4. The molecule has 4 nitrogen and oxygen atoms in total. The maximum absolute atomic E-state index is 12.1. The van der Waals surface area contributed by atoms with Crippen molar-refractivity contribution >= 4 is 5.91 Å². The van der Waals surface area contributed by atoms with Gasteiger partial charge in [-0.05, 0) is 42.2 Å². The van der Waals surface area contributed by atoms with Gasteiger partial charge in [-0.25, -0.2) is 0 Å². The SMILES string of the molecule is COc1ccc2c(c1)OC[C@H](Cc1cccc(C(=O)N(C)C)c1)C2. The van der Waals surface area contributed by atoms with Crippen LogP contribution in [0.5, 0.6) is 11.5 Å². The minimum absolute atomic E-state index is 0.0363. The Morgan fingerprint density at radius 3 is 2.83 bits per heavy atom. The number of carbonyl (C=O) groups is 1. The van der Waals surface area contributed by atoms with Crippen molar-refractivity contribution in [2.75, 3.05) is 27.8 Å². The van der Waals surface area contributed by atoms with Gasteiger partial charge in [0.05, 0.1) is 13.7 Å². The van der Waals surface area contributed by atoms with Gasteiger partial charge in [-0.15, -0.1) is 0 Å². The molecule has 0 aliphatic carbocycles. The molecular weight excluding hydrogens is 302 g/mol. The van der Waals surface area contributed by atoms with E-state index in [0.29, 0.717) is 12.5 Å². The topological polar surface area (TPSA) is 38.8 Å². The lowest BCUT2D eigenvalue weighted by Crippen LogP contribution is -2.24. The Hall–Kier alpha value is -2.49. The van der Waals surface area contributed by atoms with Crippen molar-refractivity contribution in [3.8, 4) is 11.5 Å². The average Bonchev–Trinajstić information content (AvgIpc) is 2.60. The predicted molar refractivity (Wildman–Crippen MR) is 93.8 cm³/mol. The molecule has 0 bridgehead atoms. The number of hydrogen-bond acceptors (Lipinski definition) is 3. The number of ether oxygens (including phenoxy) is 2. The van der Waals surface area contributed by atoms with Gasteiger partial charge in [0.25, 0.3) is 5.91 Å². The minimum Gasteiger partial charge on any atom is -0.497 e. The van der Waals surface area contributed by atoms with Crippen molar-refractivity contribution in [1.29, 1.82) is 0 Å². The molecule has 4 heteroatoms. The highest BCUT2D eigenvalue weighted by molar-refractivity contribution is 5.94. The number of nitrogens with zero attached hydrogens (tertiary/aromatic N) is 1. The normalized spacial score (nSPS) is 16.0. The molecule has 3 rings (SSSR count). The van der Waals surface area contributed by atoms with E-state index in [1.165, 1.54) is 11.1 Å². The van der Waals surface area contributed by atoms with E-state index in [2.05, 4.69) is 12.1 Å². The number of fused-ring (bicyclic) bond motifs is 1. The summed E-state index contributed by atoms with van der Waals surface area (Å²) in [6.45, 7) is 0.687. The lowest BCUT2D eigenvalue weighted by molar-refractivity contribution is 0.0827. The standard InChI is InChI=1S/C20H23NO3/c1-21(2)20(22)17-6-4-5-14(10-17)9-15-11-16-7-8-18(23-3)12-19(16)24-13-15/h4-8,10,12,15H,9,11,13H2,1-3H3/t15-/m1/s1. The van der Waals surface area contributed by atoms with Gasteiger partial charge in [0, 0.05) is 31.6 Å². The largest absolute Gasteiger partial charge is 0.497 e. The van der Waals surface area contributed by atoms with Gasteiger partial charge < -0.3 is 14.4 Å². The molecule has 1 aliphatic heterocycles. The van der Waals surface area contributed by atoms with Crippen molar-refractivity contribution in [2.45, 2.75) is 12.8 Å². The minimum atomic E-state index is 0.0363. The summed E-state index contributed by atoms with van der Waals surface area (Å²) in [5.74, 6) is 2.19. The van der Waals surface area contributed by atoms with Gasteiger partial charge in [-0.3, -0.25) is 4.79 Å². The van der Waals surface area contributed by atoms with E-state index < -0.39 is 0 Å². The molecule has 0 radical (unpaired) electrons. The molecule has 0 spiro atoms. The van der Waals surface area contributed by atoms with Crippen LogP contribution in [0.2, 0.25) is 0 Å². The molecule has 0 saturated carbocycles. The third-order valence-electron chi connectivity index (χ3n) is 4.36. The Labute approximate surface area is 143 Å². The Kier molecular flexibility index (Phi) is 4.74. The van der Waals surface area contributed by atoms with Gasteiger partial charge in [0.1, 0.15) is 11.5 Å². The Morgan fingerprint density at radius 2 is 2.08 bits per heavy atom. The number of hydrogen-bond donors (Lipinski definition) is 0. The van der Waals surface area contributed by atoms with Crippen LogP contribution < -0.4 is 9.47 Å². The fourth-order valence-electron chi connectivity index (χ4n) is 3.10. The number of benzene rings is 2. The first-order valence-corrected chi connectivity index (χ1v) is 8.17. The van der Waals surface area contributed by atoms with Crippen molar-refractivity contribution in [2.24, 2.45) is 5.92 Å². The van der Waals surface area contributed by atoms with Crippen LogP contribution in [0, 0.1) is 5.92 Å². The van der Waals surface area contributed by atoms with E-state index in [4.69, 9.17) is 9.47 Å². The van der Waals surface area contributed by atoms with Crippen LogP contribution in [0.25, 0.3) is 0 Å². The molecule has 0 saturated heterocycles. The van der Waals surface area contributed by atoms with Gasteiger partial charge >= 0.3 is 0 Å². The highest BCUT2D eigenvalue weighted by Crippen LogP contribution is 2.32. The molecule has 0 aromatic heterocycles. The van der Waals surface area contributed by atoms with E-state index in [1.54, 1.807) is 26.1 Å². The molecule has 0 N–H and O–H groups in total. The maximum Gasteiger partial charge on any atom is 0.253 e. The summed E-state index contributed by atoms with van der Waals surface area (Å²) in [6.07, 6.45) is 1.88. The highest BCUT2D eigenvalue weighted by atomic mass is 16.5. The fourth-order valence-corrected chi connectivity index (χ4v) is 3.10. The third-order valence-corrected chi connectivity index (χ3v) is 4.36. The summed E-state index contributed by atoms with van der Waals surface area (Å²) in [7, 11) is 5.21. The predicted octanol–water partition coefficient (Wildman–Crippen LogP) is 3.19. The van der Waals surface area contributed by atoms with Crippen molar-refractivity contribution in [1.82, 2.24) is 4.90 Å². The molecule has 1 heterocycles. The van der Waals surface area contributed by atoms with Gasteiger partial charge in [0.15, 0.2) is 0 Å². The highest BCUT2D eigenvalue weighted by Gasteiger charge is 2.21. The van der Waals surface area contributed by atoms with Crippen molar-refractivity contribution < 1.29 is 14.3 Å². The number of amides is 1. The summed E-state index contributed by atoms with van der Waals surface area (Å²) in [6, 6.07) is 13.9. The first-order valence-electron chi connectivity index (χ1n) is 8.17. The monoisotopic (exact) mass is 325 g/mol. The van der Waals surface area contributed by atoms with Crippen LogP contribution in [0.3, 0.4) is 0 Å². The van der Waals surface area contributed by atoms with E-state index in [9.17, 15) is 4.79 Å². The Morgan fingerprint density at radius 1 is 1.25 bits per heavy atom. The fraction of sp³-hybridized carbons (Fsp3) is 0.350. The van der Waals surface area contributed by atoms with E-state index in [1.807, 2.05) is 30.3 Å². The van der Waals surface area contributed by atoms with Crippen LogP contribution in [0.15, 0.2) is 42.5 Å². The second-order valence-electron chi connectivity index (χ2n) is 6.46. The third kappa shape index (κ3) is 3.53. The van der Waals surface area contributed by atoms with Crippen LogP contribution in [-0.2, 0) is 12.8 Å². The molecule has 1 aliphatic rings. The first-order chi connectivity index (χ1) is 11.6. The summed E-state index contributed by atoms with van der Waals surface area (Å²) in [5, 5.41) is 0. The van der Waals surface area contributed by atoms with Crippen LogP contribution in [0.1, 0.15) is 21.5 Å². The zero-order valence-electron chi connectivity index (χ0n) is 14.4. The lowest BCUT2D eigenvalue weighted by Gasteiger charge is -2.26. The number of rotatable bonds is 4. The second kappa shape index (κ2) is 6.95. The molecule has 24 heavy (non-hydrogen) atoms. The lowest BCUT2D eigenvalue weighted by atomic mass is 9.90. The van der Waals surface area contributed by atoms with Crippen molar-refractivity contribution in [3.05, 3.63) is 59.2 Å². The molecule has 2 aromatic carbocycles. The maximum atomic E-state index is 12.1. The Bertz CT molecular complexity index is 739. The second-order valence-corrected chi connectivity index (χ2v) is 6.46. The smallest absolute Gasteiger partial charge is 0.253 e. The van der Waals surface area contributed by atoms with E-state index >= 15 is 0 Å².